The van der Waals surface area contributed by atoms with Crippen LogP contribution in [0.5, 0.6) is 0 Å². The number of hydrogen-bond donors (Lipinski definition) is 0. The van der Waals surface area contributed by atoms with E-state index in [0.717, 1.165) is 27.4 Å². The highest BCUT2D eigenvalue weighted by Crippen LogP contribution is 2.29. The van der Waals surface area contributed by atoms with Crippen molar-refractivity contribution >= 4 is 35.6 Å². The molecular weight excluding hydrogens is 380 g/mol. The summed E-state index contributed by atoms with van der Waals surface area (Å²) in [4.78, 5) is 44.1. The Morgan fingerprint density at radius 2 is 1.70 bits per heavy atom. The monoisotopic (exact) mass is 404 g/mol. The number of nitrogens with zero attached hydrogens (tertiary/aromatic N) is 2. The topological polar surface area (TPSA) is 66.9 Å². The molecule has 30 heavy (non-hydrogen) atoms. The van der Waals surface area contributed by atoms with Gasteiger partial charge in [0.2, 0.25) is 5.91 Å². The smallest absolute Gasteiger partial charge is 0.333 e. The van der Waals surface area contributed by atoms with Crippen molar-refractivity contribution in [1.82, 2.24) is 5.06 Å². The van der Waals surface area contributed by atoms with Gasteiger partial charge in [-0.25, -0.2) is 4.79 Å². The molecule has 0 radical (unpaired) electrons. The van der Waals surface area contributed by atoms with Gasteiger partial charge >= 0.3 is 5.97 Å². The number of anilines is 1. The van der Waals surface area contributed by atoms with Crippen LogP contribution in [-0.4, -0.2) is 28.9 Å². The number of fused-ring (bicyclic) bond motifs is 2. The van der Waals surface area contributed by atoms with Crippen LogP contribution in [-0.2, 0) is 25.8 Å². The number of amides is 2. The first-order chi connectivity index (χ1) is 14.5. The third kappa shape index (κ3) is 4.13. The summed E-state index contributed by atoms with van der Waals surface area (Å²) in [7, 11) is 0. The molecule has 2 heterocycles. The van der Waals surface area contributed by atoms with Crippen LogP contribution in [0.3, 0.4) is 0 Å². The third-order valence-electron chi connectivity index (χ3n) is 5.52. The minimum Gasteiger partial charge on any atom is -0.338 e. The van der Waals surface area contributed by atoms with Gasteiger partial charge in [-0.05, 0) is 36.1 Å². The van der Waals surface area contributed by atoms with Gasteiger partial charge in [-0.3, -0.25) is 9.59 Å². The molecule has 0 bridgehead atoms. The molecule has 1 fully saturated rings. The zero-order chi connectivity index (χ0) is 21.1. The molecule has 6 nitrogen and oxygen atoms in total. The van der Waals surface area contributed by atoms with Crippen LogP contribution < -0.4 is 4.90 Å². The van der Waals surface area contributed by atoms with Crippen LogP contribution in [0.25, 0.3) is 12.2 Å². The number of rotatable bonds is 4. The van der Waals surface area contributed by atoms with Crippen LogP contribution in [0, 0.1) is 0 Å². The molecule has 2 aliphatic rings. The predicted octanol–water partition coefficient (Wildman–Crippen LogP) is 3.95. The summed E-state index contributed by atoms with van der Waals surface area (Å²) in [5.74, 6) is -0.917. The van der Waals surface area contributed by atoms with Crippen molar-refractivity contribution in [3.05, 3.63) is 65.2 Å². The SMILES string of the molecule is CC1CCC(=O)N1OC(=O)CCC(=O)N1Cc2ccccc2/C=C\c2ccccc21. The Kier molecular flexibility index (Phi) is 5.65. The molecule has 6 heteroatoms. The van der Waals surface area contributed by atoms with E-state index in [1.54, 1.807) is 4.90 Å². The van der Waals surface area contributed by atoms with Crippen molar-refractivity contribution < 1.29 is 19.2 Å². The number of para-hydroxylation sites is 1. The van der Waals surface area contributed by atoms with E-state index in [0.29, 0.717) is 19.4 Å². The van der Waals surface area contributed by atoms with E-state index in [1.165, 1.54) is 0 Å². The van der Waals surface area contributed by atoms with E-state index in [1.807, 2.05) is 61.5 Å². The molecule has 0 spiro atoms. The zero-order valence-corrected chi connectivity index (χ0v) is 16.9. The van der Waals surface area contributed by atoms with Crippen molar-refractivity contribution in [1.29, 1.82) is 0 Å². The van der Waals surface area contributed by atoms with Gasteiger partial charge < -0.3 is 9.74 Å². The second-order valence-electron chi connectivity index (χ2n) is 7.64. The van der Waals surface area contributed by atoms with Crippen LogP contribution in [0.2, 0.25) is 0 Å². The number of hydrogen-bond acceptors (Lipinski definition) is 4. The molecule has 1 atom stereocenters. The molecule has 0 N–H and O–H groups in total. The average molecular weight is 404 g/mol. The largest absolute Gasteiger partial charge is 0.338 e. The highest BCUT2D eigenvalue weighted by atomic mass is 16.7. The summed E-state index contributed by atoms with van der Waals surface area (Å²) in [6.07, 6.45) is 5.04. The third-order valence-corrected chi connectivity index (χ3v) is 5.52. The van der Waals surface area contributed by atoms with E-state index in [-0.39, 0.29) is 30.7 Å². The van der Waals surface area contributed by atoms with Crippen LogP contribution >= 0.6 is 0 Å². The minimum atomic E-state index is -0.564. The summed E-state index contributed by atoms with van der Waals surface area (Å²) < 4.78 is 0. The van der Waals surface area contributed by atoms with Gasteiger partial charge in [-0.15, -0.1) is 0 Å². The van der Waals surface area contributed by atoms with E-state index < -0.39 is 5.97 Å². The van der Waals surface area contributed by atoms with Crippen molar-refractivity contribution in [2.45, 2.75) is 45.2 Å². The first kappa shape index (κ1) is 19.9. The van der Waals surface area contributed by atoms with E-state index in [2.05, 4.69) is 6.08 Å². The Morgan fingerprint density at radius 3 is 2.47 bits per heavy atom. The quantitative estimate of drug-likeness (QED) is 0.774. The summed E-state index contributed by atoms with van der Waals surface area (Å²) in [5.41, 5.74) is 3.85. The lowest BCUT2D eigenvalue weighted by Gasteiger charge is -2.27. The van der Waals surface area contributed by atoms with Crippen molar-refractivity contribution in [2.24, 2.45) is 0 Å². The zero-order valence-electron chi connectivity index (χ0n) is 16.9. The molecular formula is C24H24N2O4. The molecule has 4 rings (SSSR count). The van der Waals surface area contributed by atoms with E-state index >= 15 is 0 Å². The second kappa shape index (κ2) is 8.53. The van der Waals surface area contributed by atoms with Crippen LogP contribution in [0.15, 0.2) is 48.5 Å². The molecule has 154 valence electrons. The number of hydroxylamine groups is 2. The van der Waals surface area contributed by atoms with Crippen LogP contribution in [0.1, 0.15) is 49.3 Å². The Balaban J connectivity index is 1.49. The fourth-order valence-electron chi connectivity index (χ4n) is 3.82. The highest BCUT2D eigenvalue weighted by Gasteiger charge is 2.31. The first-order valence-corrected chi connectivity index (χ1v) is 10.2. The van der Waals surface area contributed by atoms with Gasteiger partial charge in [0.15, 0.2) is 0 Å². The molecule has 1 unspecified atom stereocenters. The fourth-order valence-corrected chi connectivity index (χ4v) is 3.82. The van der Waals surface area contributed by atoms with Gasteiger partial charge in [-0.2, -0.15) is 5.06 Å². The van der Waals surface area contributed by atoms with Gasteiger partial charge in [-0.1, -0.05) is 54.6 Å². The predicted molar refractivity (Wildman–Crippen MR) is 114 cm³/mol. The lowest BCUT2D eigenvalue weighted by Crippen LogP contribution is -2.35. The summed E-state index contributed by atoms with van der Waals surface area (Å²) in [6, 6.07) is 15.5. The van der Waals surface area contributed by atoms with Crippen molar-refractivity contribution in [3.8, 4) is 0 Å². The lowest BCUT2D eigenvalue weighted by molar-refractivity contribution is -0.199. The Bertz CT molecular complexity index is 1010. The molecule has 2 aliphatic heterocycles. The number of carbonyl (C=O) groups excluding carboxylic acids is 3. The second-order valence-corrected chi connectivity index (χ2v) is 7.64. The fraction of sp³-hybridized carbons (Fsp3) is 0.292. The summed E-state index contributed by atoms with van der Waals surface area (Å²) in [6.45, 7) is 2.26. The minimum absolute atomic E-state index is 0.00939. The molecule has 1 saturated heterocycles. The van der Waals surface area contributed by atoms with E-state index in [9.17, 15) is 14.4 Å². The van der Waals surface area contributed by atoms with Crippen molar-refractivity contribution in [2.75, 3.05) is 4.90 Å². The molecule has 0 saturated carbocycles. The van der Waals surface area contributed by atoms with Gasteiger partial charge in [0.1, 0.15) is 0 Å². The number of benzene rings is 2. The van der Waals surface area contributed by atoms with E-state index in [4.69, 9.17) is 4.84 Å². The Morgan fingerprint density at radius 1 is 1.00 bits per heavy atom. The normalized spacial score (nSPS) is 18.8. The Labute approximate surface area is 175 Å². The molecule has 0 aliphatic carbocycles. The maximum atomic E-state index is 13.1. The lowest BCUT2D eigenvalue weighted by atomic mass is 10.0. The van der Waals surface area contributed by atoms with Gasteiger partial charge in [0, 0.05) is 12.8 Å². The van der Waals surface area contributed by atoms with Crippen LogP contribution in [0.4, 0.5) is 5.69 Å². The maximum Gasteiger partial charge on any atom is 0.333 e. The first-order valence-electron chi connectivity index (χ1n) is 10.2. The van der Waals surface area contributed by atoms with Gasteiger partial charge in [0.25, 0.3) is 5.91 Å². The average Bonchev–Trinajstić information content (AvgIpc) is 3.05. The highest BCUT2D eigenvalue weighted by molar-refractivity contribution is 5.98. The number of carbonyl (C=O) groups is 3. The molecule has 2 aromatic carbocycles. The summed E-state index contributed by atoms with van der Waals surface area (Å²) in [5, 5.41) is 1.14. The molecule has 0 aromatic heterocycles. The maximum absolute atomic E-state index is 13.1. The standard InChI is InChI=1S/C24H24N2O4/c1-17-10-13-23(28)26(17)30-24(29)15-14-22(27)25-16-20-8-3-2-6-18(20)11-12-19-7-4-5-9-21(19)25/h2-9,11-12,17H,10,13-16H2,1H3/b12-11-. The van der Waals surface area contributed by atoms with Gasteiger partial charge in [0.05, 0.1) is 24.7 Å². The van der Waals surface area contributed by atoms with Crippen molar-refractivity contribution in [3.63, 3.8) is 0 Å². The molecule has 2 aromatic rings. The molecule has 2 amide bonds. The summed E-state index contributed by atoms with van der Waals surface area (Å²) >= 11 is 0. The Hall–Kier alpha value is -3.41.